The van der Waals surface area contributed by atoms with Gasteiger partial charge in [-0.3, -0.25) is 0 Å². The molecule has 146 valence electrons. The molecule has 4 rings (SSSR count). The van der Waals surface area contributed by atoms with Crippen molar-refractivity contribution in [1.29, 1.82) is 0 Å². The molecule has 2 aromatic heterocycles. The Kier molecular flexibility index (Phi) is 5.38. The molecule has 0 aliphatic carbocycles. The van der Waals surface area contributed by atoms with Crippen molar-refractivity contribution in [3.05, 3.63) is 41.9 Å². The van der Waals surface area contributed by atoms with E-state index in [-0.39, 0.29) is 5.97 Å². The first kappa shape index (κ1) is 18.6. The van der Waals surface area contributed by atoms with E-state index in [2.05, 4.69) is 44.9 Å². The van der Waals surface area contributed by atoms with Crippen molar-refractivity contribution in [2.75, 3.05) is 42.6 Å². The Balaban J connectivity index is 1.49. The van der Waals surface area contributed by atoms with Crippen molar-refractivity contribution >= 4 is 38.5 Å². The first-order valence-corrected chi connectivity index (χ1v) is 10.4. The molecule has 1 saturated heterocycles. The lowest BCUT2D eigenvalue weighted by atomic mass is 10.2. The van der Waals surface area contributed by atoms with Gasteiger partial charge in [-0.05, 0) is 31.0 Å². The van der Waals surface area contributed by atoms with Gasteiger partial charge in [0.15, 0.2) is 5.13 Å². The Morgan fingerprint density at radius 3 is 2.71 bits per heavy atom. The first-order chi connectivity index (χ1) is 13.7. The van der Waals surface area contributed by atoms with Gasteiger partial charge in [-0.25, -0.2) is 19.7 Å². The molecule has 3 heterocycles. The zero-order valence-electron chi connectivity index (χ0n) is 16.1. The Bertz CT molecular complexity index is 982. The molecule has 0 N–H and O–H groups in total. The van der Waals surface area contributed by atoms with Crippen molar-refractivity contribution in [3.63, 3.8) is 0 Å². The standard InChI is InChI=1S/C20H23N5O2S/c1-3-14-5-6-16-17(11-14)28-20(23-16)25-9-7-24(8-10-25)18-15(12-21-13-22-18)19(26)27-4-2/h5-6,11-13H,3-4,7-10H2,1-2H3. The van der Waals surface area contributed by atoms with E-state index < -0.39 is 0 Å². The summed E-state index contributed by atoms with van der Waals surface area (Å²) in [6.45, 7) is 7.47. The molecule has 0 spiro atoms. The highest BCUT2D eigenvalue weighted by molar-refractivity contribution is 7.22. The van der Waals surface area contributed by atoms with Gasteiger partial charge in [0.2, 0.25) is 0 Å². The predicted molar refractivity (Wildman–Crippen MR) is 111 cm³/mol. The molecule has 1 fully saturated rings. The zero-order valence-corrected chi connectivity index (χ0v) is 16.9. The van der Waals surface area contributed by atoms with E-state index in [4.69, 9.17) is 9.72 Å². The maximum Gasteiger partial charge on any atom is 0.343 e. The molecule has 1 aliphatic heterocycles. The largest absolute Gasteiger partial charge is 0.462 e. The van der Waals surface area contributed by atoms with Crippen LogP contribution >= 0.6 is 11.3 Å². The number of piperazine rings is 1. The minimum absolute atomic E-state index is 0.332. The van der Waals surface area contributed by atoms with Crippen LogP contribution in [-0.2, 0) is 11.2 Å². The summed E-state index contributed by atoms with van der Waals surface area (Å²) in [5.74, 6) is 0.267. The van der Waals surface area contributed by atoms with Crippen LogP contribution in [0.2, 0.25) is 0 Å². The number of thiazole rings is 1. The van der Waals surface area contributed by atoms with Gasteiger partial charge in [-0.1, -0.05) is 24.3 Å². The third kappa shape index (κ3) is 3.64. The number of hydrogen-bond acceptors (Lipinski definition) is 8. The number of nitrogens with zero attached hydrogens (tertiary/aromatic N) is 5. The van der Waals surface area contributed by atoms with Crippen LogP contribution in [0.25, 0.3) is 10.2 Å². The molecular formula is C20H23N5O2S. The number of carbonyl (C=O) groups excluding carboxylic acids is 1. The fourth-order valence-corrected chi connectivity index (χ4v) is 4.43. The van der Waals surface area contributed by atoms with Crippen LogP contribution in [0.15, 0.2) is 30.7 Å². The van der Waals surface area contributed by atoms with Crippen LogP contribution in [0.3, 0.4) is 0 Å². The highest BCUT2D eigenvalue weighted by Crippen LogP contribution is 2.31. The van der Waals surface area contributed by atoms with Gasteiger partial charge in [0.1, 0.15) is 17.7 Å². The molecule has 7 nitrogen and oxygen atoms in total. The lowest BCUT2D eigenvalue weighted by molar-refractivity contribution is 0.0526. The van der Waals surface area contributed by atoms with Crippen LogP contribution < -0.4 is 9.80 Å². The normalized spacial score (nSPS) is 14.5. The van der Waals surface area contributed by atoms with E-state index in [0.717, 1.165) is 43.2 Å². The molecule has 0 radical (unpaired) electrons. The summed E-state index contributed by atoms with van der Waals surface area (Å²) >= 11 is 1.74. The minimum atomic E-state index is -0.376. The van der Waals surface area contributed by atoms with E-state index in [1.807, 2.05) is 0 Å². The second kappa shape index (κ2) is 8.10. The Labute approximate surface area is 168 Å². The average Bonchev–Trinajstić information content (AvgIpc) is 3.17. The van der Waals surface area contributed by atoms with E-state index >= 15 is 0 Å². The smallest absolute Gasteiger partial charge is 0.343 e. The van der Waals surface area contributed by atoms with Gasteiger partial charge in [-0.15, -0.1) is 0 Å². The molecule has 8 heteroatoms. The number of aryl methyl sites for hydroxylation is 1. The summed E-state index contributed by atoms with van der Waals surface area (Å²) in [5, 5.41) is 1.05. The number of carbonyl (C=O) groups is 1. The quantitative estimate of drug-likeness (QED) is 0.613. The Morgan fingerprint density at radius 1 is 1.18 bits per heavy atom. The molecule has 0 unspecified atom stereocenters. The zero-order chi connectivity index (χ0) is 19.5. The highest BCUT2D eigenvalue weighted by atomic mass is 32.1. The van der Waals surface area contributed by atoms with Crippen LogP contribution in [0.1, 0.15) is 29.8 Å². The molecule has 0 bridgehead atoms. The number of benzene rings is 1. The molecule has 1 aliphatic rings. The van der Waals surface area contributed by atoms with Crippen molar-refractivity contribution < 1.29 is 9.53 Å². The van der Waals surface area contributed by atoms with Gasteiger partial charge in [0.05, 0.1) is 16.8 Å². The molecule has 0 saturated carbocycles. The fraction of sp³-hybridized carbons (Fsp3) is 0.400. The van der Waals surface area contributed by atoms with Gasteiger partial charge < -0.3 is 14.5 Å². The molecule has 28 heavy (non-hydrogen) atoms. The summed E-state index contributed by atoms with van der Waals surface area (Å²) in [6, 6.07) is 6.49. The van der Waals surface area contributed by atoms with Crippen molar-refractivity contribution in [2.24, 2.45) is 0 Å². The number of fused-ring (bicyclic) bond motifs is 1. The van der Waals surface area contributed by atoms with Gasteiger partial charge in [0.25, 0.3) is 0 Å². The minimum Gasteiger partial charge on any atom is -0.462 e. The molecule has 1 aromatic carbocycles. The van der Waals surface area contributed by atoms with Crippen molar-refractivity contribution in [1.82, 2.24) is 15.0 Å². The summed E-state index contributed by atoms with van der Waals surface area (Å²) in [4.78, 5) is 29.8. The second-order valence-corrected chi connectivity index (χ2v) is 7.62. The second-order valence-electron chi connectivity index (χ2n) is 6.61. The fourth-order valence-electron chi connectivity index (χ4n) is 3.35. The Morgan fingerprint density at radius 2 is 1.96 bits per heavy atom. The number of rotatable bonds is 5. The lowest BCUT2D eigenvalue weighted by Crippen LogP contribution is -2.47. The van der Waals surface area contributed by atoms with E-state index in [1.165, 1.54) is 22.8 Å². The number of esters is 1. The predicted octanol–water partition coefficient (Wildman–Crippen LogP) is 3.15. The van der Waals surface area contributed by atoms with E-state index in [9.17, 15) is 4.79 Å². The number of anilines is 2. The lowest BCUT2D eigenvalue weighted by Gasteiger charge is -2.35. The van der Waals surface area contributed by atoms with Gasteiger partial charge >= 0.3 is 5.97 Å². The number of hydrogen-bond donors (Lipinski definition) is 0. The summed E-state index contributed by atoms with van der Waals surface area (Å²) in [5.41, 5.74) is 2.81. The molecule has 0 amide bonds. The van der Waals surface area contributed by atoms with Gasteiger partial charge in [-0.2, -0.15) is 0 Å². The third-order valence-corrected chi connectivity index (χ3v) is 5.97. The van der Waals surface area contributed by atoms with Crippen LogP contribution in [0.5, 0.6) is 0 Å². The topological polar surface area (TPSA) is 71.5 Å². The van der Waals surface area contributed by atoms with E-state index in [0.29, 0.717) is 18.0 Å². The van der Waals surface area contributed by atoms with Crippen LogP contribution in [-0.4, -0.2) is 53.7 Å². The first-order valence-electron chi connectivity index (χ1n) is 9.56. The Hall–Kier alpha value is -2.74. The number of aromatic nitrogens is 3. The van der Waals surface area contributed by atoms with Crippen molar-refractivity contribution in [2.45, 2.75) is 20.3 Å². The molecule has 0 atom stereocenters. The monoisotopic (exact) mass is 397 g/mol. The average molecular weight is 398 g/mol. The van der Waals surface area contributed by atoms with Crippen LogP contribution in [0.4, 0.5) is 10.9 Å². The molecule has 3 aromatic rings. The summed E-state index contributed by atoms with van der Waals surface area (Å²) in [7, 11) is 0. The molecular weight excluding hydrogens is 374 g/mol. The maximum atomic E-state index is 12.2. The summed E-state index contributed by atoms with van der Waals surface area (Å²) in [6.07, 6.45) is 4.04. The van der Waals surface area contributed by atoms with E-state index in [1.54, 1.807) is 18.3 Å². The maximum absolute atomic E-state index is 12.2. The van der Waals surface area contributed by atoms with Crippen molar-refractivity contribution in [3.8, 4) is 0 Å². The highest BCUT2D eigenvalue weighted by Gasteiger charge is 2.25. The summed E-state index contributed by atoms with van der Waals surface area (Å²) < 4.78 is 6.37. The third-order valence-electron chi connectivity index (χ3n) is 4.89. The number of ether oxygens (including phenoxy) is 1. The van der Waals surface area contributed by atoms with Gasteiger partial charge in [0, 0.05) is 32.4 Å². The van der Waals surface area contributed by atoms with Crippen LogP contribution in [0, 0.1) is 0 Å². The SMILES string of the molecule is CCOC(=O)c1cncnc1N1CCN(c2nc3ccc(CC)cc3s2)CC1.